The Labute approximate surface area is 151 Å². The van der Waals surface area contributed by atoms with Crippen LogP contribution in [-0.4, -0.2) is 33.7 Å². The van der Waals surface area contributed by atoms with Gasteiger partial charge in [0.1, 0.15) is 11.5 Å². The van der Waals surface area contributed by atoms with E-state index in [9.17, 15) is 9.18 Å². The third-order valence-electron chi connectivity index (χ3n) is 4.99. The van der Waals surface area contributed by atoms with Crippen molar-refractivity contribution < 1.29 is 9.18 Å². The molecule has 26 heavy (non-hydrogen) atoms. The number of carbonyl (C=O) groups excluding carboxylic acids is 1. The number of nitrogens with zero attached hydrogens (tertiary/aromatic N) is 3. The Hall–Kier alpha value is -2.95. The fourth-order valence-corrected chi connectivity index (χ4v) is 3.53. The molecule has 1 aromatic heterocycles. The molecule has 1 amide bonds. The van der Waals surface area contributed by atoms with Gasteiger partial charge in [-0.15, -0.1) is 0 Å². The van der Waals surface area contributed by atoms with Crippen molar-refractivity contribution in [2.24, 2.45) is 7.05 Å². The number of likely N-dealkylation sites (tertiary alicyclic amines) is 1. The molecule has 1 aliphatic heterocycles. The minimum atomic E-state index is -0.287. The van der Waals surface area contributed by atoms with Crippen molar-refractivity contribution in [3.63, 3.8) is 0 Å². The summed E-state index contributed by atoms with van der Waals surface area (Å²) >= 11 is 0. The predicted molar refractivity (Wildman–Crippen MR) is 98.3 cm³/mol. The largest absolute Gasteiger partial charge is 0.337 e. The van der Waals surface area contributed by atoms with Gasteiger partial charge in [-0.2, -0.15) is 5.10 Å². The molecule has 5 heteroatoms. The van der Waals surface area contributed by atoms with Crippen molar-refractivity contribution in [2.75, 3.05) is 13.1 Å². The second-order valence-corrected chi connectivity index (χ2v) is 6.69. The Bertz CT molecular complexity index is 918. The summed E-state index contributed by atoms with van der Waals surface area (Å²) in [7, 11) is 1.77. The highest BCUT2D eigenvalue weighted by Gasteiger charge is 2.29. The Morgan fingerprint density at radius 1 is 1.12 bits per heavy atom. The highest BCUT2D eigenvalue weighted by Crippen LogP contribution is 2.28. The van der Waals surface area contributed by atoms with Crippen LogP contribution in [-0.2, 0) is 7.05 Å². The van der Waals surface area contributed by atoms with Crippen molar-refractivity contribution in [2.45, 2.75) is 12.3 Å². The van der Waals surface area contributed by atoms with Crippen molar-refractivity contribution in [1.82, 2.24) is 14.7 Å². The SMILES string of the molecule is Cn1nc(-c2ccc(F)cc2)cc1C(=O)N1CC[C@@H](c2ccccc2)C1. The molecule has 3 aromatic rings. The summed E-state index contributed by atoms with van der Waals surface area (Å²) in [6.45, 7) is 1.47. The highest BCUT2D eigenvalue weighted by atomic mass is 19.1. The molecule has 4 nitrogen and oxygen atoms in total. The molecular formula is C21H20FN3O. The van der Waals surface area contributed by atoms with E-state index in [1.54, 1.807) is 29.9 Å². The highest BCUT2D eigenvalue weighted by molar-refractivity contribution is 5.94. The van der Waals surface area contributed by atoms with Gasteiger partial charge < -0.3 is 4.90 Å². The van der Waals surface area contributed by atoms with Crippen molar-refractivity contribution in [3.05, 3.63) is 77.7 Å². The van der Waals surface area contributed by atoms with Crippen LogP contribution in [0, 0.1) is 5.82 Å². The van der Waals surface area contributed by atoms with E-state index in [0.29, 0.717) is 17.3 Å². The molecule has 0 radical (unpaired) electrons. The lowest BCUT2D eigenvalue weighted by atomic mass is 9.99. The third-order valence-corrected chi connectivity index (χ3v) is 4.99. The van der Waals surface area contributed by atoms with Gasteiger partial charge in [0.25, 0.3) is 5.91 Å². The maximum Gasteiger partial charge on any atom is 0.272 e. The zero-order valence-electron chi connectivity index (χ0n) is 14.6. The number of hydrogen-bond acceptors (Lipinski definition) is 2. The number of aryl methyl sites for hydroxylation is 1. The fraction of sp³-hybridized carbons (Fsp3) is 0.238. The first-order chi connectivity index (χ1) is 12.6. The van der Waals surface area contributed by atoms with E-state index in [1.807, 2.05) is 23.1 Å². The second kappa shape index (κ2) is 6.75. The molecule has 0 N–H and O–H groups in total. The van der Waals surface area contributed by atoms with E-state index in [2.05, 4.69) is 17.2 Å². The zero-order chi connectivity index (χ0) is 18.1. The summed E-state index contributed by atoms with van der Waals surface area (Å²) in [6.07, 6.45) is 0.971. The Morgan fingerprint density at radius 3 is 2.58 bits per heavy atom. The number of carbonyl (C=O) groups is 1. The van der Waals surface area contributed by atoms with Crippen LogP contribution in [0.1, 0.15) is 28.4 Å². The van der Waals surface area contributed by atoms with E-state index < -0.39 is 0 Å². The molecule has 1 aliphatic rings. The monoisotopic (exact) mass is 349 g/mol. The minimum absolute atomic E-state index is 0.00760. The third kappa shape index (κ3) is 3.12. The van der Waals surface area contributed by atoms with Crippen LogP contribution in [0.5, 0.6) is 0 Å². The van der Waals surface area contributed by atoms with Crippen LogP contribution in [0.4, 0.5) is 4.39 Å². The minimum Gasteiger partial charge on any atom is -0.337 e. The van der Waals surface area contributed by atoms with E-state index >= 15 is 0 Å². The van der Waals surface area contributed by atoms with Crippen LogP contribution in [0.2, 0.25) is 0 Å². The Morgan fingerprint density at radius 2 is 1.85 bits per heavy atom. The van der Waals surface area contributed by atoms with Gasteiger partial charge >= 0.3 is 0 Å². The van der Waals surface area contributed by atoms with Crippen LogP contribution >= 0.6 is 0 Å². The van der Waals surface area contributed by atoms with Crippen LogP contribution in [0.15, 0.2) is 60.7 Å². The summed E-state index contributed by atoms with van der Waals surface area (Å²) < 4.78 is 14.7. The molecule has 1 fully saturated rings. The number of aromatic nitrogens is 2. The maximum atomic E-state index is 13.1. The fourth-order valence-electron chi connectivity index (χ4n) is 3.53. The first-order valence-electron chi connectivity index (χ1n) is 8.76. The lowest BCUT2D eigenvalue weighted by Gasteiger charge is -2.16. The first-order valence-corrected chi connectivity index (χ1v) is 8.76. The van der Waals surface area contributed by atoms with Crippen molar-refractivity contribution in [1.29, 1.82) is 0 Å². The van der Waals surface area contributed by atoms with Crippen LogP contribution in [0.3, 0.4) is 0 Å². The summed E-state index contributed by atoms with van der Waals surface area (Å²) in [5, 5.41) is 4.43. The van der Waals surface area contributed by atoms with Crippen LogP contribution < -0.4 is 0 Å². The van der Waals surface area contributed by atoms with Gasteiger partial charge in [0.15, 0.2) is 0 Å². The number of halogens is 1. The van der Waals surface area contributed by atoms with Gasteiger partial charge in [-0.3, -0.25) is 9.48 Å². The van der Waals surface area contributed by atoms with Gasteiger partial charge in [-0.1, -0.05) is 30.3 Å². The topological polar surface area (TPSA) is 38.1 Å². The maximum absolute atomic E-state index is 13.1. The van der Waals surface area contributed by atoms with Gasteiger partial charge in [0, 0.05) is 31.6 Å². The summed E-state index contributed by atoms with van der Waals surface area (Å²) in [5.41, 5.74) is 3.30. The smallest absolute Gasteiger partial charge is 0.272 e. The number of benzene rings is 2. The molecule has 2 heterocycles. The summed E-state index contributed by atoms with van der Waals surface area (Å²) in [5.74, 6) is 0.0849. The molecule has 0 spiro atoms. The number of hydrogen-bond donors (Lipinski definition) is 0. The molecule has 0 bridgehead atoms. The lowest BCUT2D eigenvalue weighted by molar-refractivity contribution is 0.0780. The van der Waals surface area contributed by atoms with E-state index in [-0.39, 0.29) is 11.7 Å². The second-order valence-electron chi connectivity index (χ2n) is 6.69. The first kappa shape index (κ1) is 16.5. The van der Waals surface area contributed by atoms with E-state index in [0.717, 1.165) is 25.1 Å². The Kier molecular flexibility index (Phi) is 4.29. The Balaban J connectivity index is 1.53. The summed E-state index contributed by atoms with van der Waals surface area (Å²) in [4.78, 5) is 14.8. The van der Waals surface area contributed by atoms with Gasteiger partial charge in [0.2, 0.25) is 0 Å². The number of rotatable bonds is 3. The van der Waals surface area contributed by atoms with Gasteiger partial charge in [-0.05, 0) is 42.3 Å². The van der Waals surface area contributed by atoms with Gasteiger partial charge in [-0.25, -0.2) is 4.39 Å². The van der Waals surface area contributed by atoms with Crippen molar-refractivity contribution >= 4 is 5.91 Å². The van der Waals surface area contributed by atoms with E-state index in [4.69, 9.17) is 0 Å². The quantitative estimate of drug-likeness (QED) is 0.720. The molecule has 132 valence electrons. The standard InChI is InChI=1S/C21H20FN3O/c1-24-20(13-19(23-24)16-7-9-18(22)10-8-16)21(26)25-12-11-17(14-25)15-5-3-2-4-6-15/h2-10,13,17H,11-12,14H2,1H3/t17-/m1/s1. The molecule has 1 atom stereocenters. The summed E-state index contributed by atoms with van der Waals surface area (Å²) in [6, 6.07) is 18.3. The predicted octanol–water partition coefficient (Wildman–Crippen LogP) is 3.86. The lowest BCUT2D eigenvalue weighted by Crippen LogP contribution is -2.30. The number of amides is 1. The van der Waals surface area contributed by atoms with Crippen LogP contribution in [0.25, 0.3) is 11.3 Å². The molecule has 4 rings (SSSR count). The average Bonchev–Trinajstić information content (AvgIpc) is 3.30. The normalized spacial score (nSPS) is 16.8. The van der Waals surface area contributed by atoms with Crippen molar-refractivity contribution in [3.8, 4) is 11.3 Å². The molecule has 0 unspecified atom stereocenters. The molecular weight excluding hydrogens is 329 g/mol. The average molecular weight is 349 g/mol. The van der Waals surface area contributed by atoms with Gasteiger partial charge in [0.05, 0.1) is 5.69 Å². The molecule has 0 aliphatic carbocycles. The molecule has 1 saturated heterocycles. The molecule has 2 aromatic carbocycles. The molecule has 0 saturated carbocycles. The zero-order valence-corrected chi connectivity index (χ0v) is 14.6. The van der Waals surface area contributed by atoms with E-state index in [1.165, 1.54) is 17.7 Å².